The van der Waals surface area contributed by atoms with Crippen LogP contribution in [0.25, 0.3) is 0 Å². The Morgan fingerprint density at radius 1 is 1.42 bits per heavy atom. The Balaban J connectivity index is 2.08. The Morgan fingerprint density at radius 2 is 2.16 bits per heavy atom. The van der Waals surface area contributed by atoms with Crippen molar-refractivity contribution in [1.82, 2.24) is 5.32 Å². The summed E-state index contributed by atoms with van der Waals surface area (Å²) >= 11 is 6.11. The van der Waals surface area contributed by atoms with Crippen molar-refractivity contribution in [1.29, 1.82) is 0 Å². The smallest absolute Gasteiger partial charge is 0.122 e. The van der Waals surface area contributed by atoms with Crippen LogP contribution >= 0.6 is 11.6 Å². The summed E-state index contributed by atoms with van der Waals surface area (Å²) in [6, 6.07) is 6.63. The molecule has 1 aliphatic rings. The largest absolute Gasteiger partial charge is 0.496 e. The van der Waals surface area contributed by atoms with E-state index >= 15 is 0 Å². The Kier molecular flexibility index (Phi) is 4.75. The van der Waals surface area contributed by atoms with Crippen molar-refractivity contribution in [2.45, 2.75) is 45.6 Å². The highest BCUT2D eigenvalue weighted by atomic mass is 35.5. The number of halogens is 1. The molecule has 0 aromatic heterocycles. The van der Waals surface area contributed by atoms with Gasteiger partial charge in [0, 0.05) is 17.6 Å². The Morgan fingerprint density at radius 3 is 2.74 bits per heavy atom. The molecule has 1 aliphatic carbocycles. The molecule has 106 valence electrons. The molecule has 0 amide bonds. The quantitative estimate of drug-likeness (QED) is 0.814. The molecule has 0 radical (unpaired) electrons. The monoisotopic (exact) mass is 281 g/mol. The van der Waals surface area contributed by atoms with Gasteiger partial charge in [-0.25, -0.2) is 0 Å². The lowest BCUT2D eigenvalue weighted by atomic mass is 9.81. The van der Waals surface area contributed by atoms with E-state index in [-0.39, 0.29) is 5.41 Å². The van der Waals surface area contributed by atoms with Gasteiger partial charge in [-0.05, 0) is 54.9 Å². The molecule has 1 N–H and O–H groups in total. The maximum Gasteiger partial charge on any atom is 0.122 e. The lowest BCUT2D eigenvalue weighted by molar-refractivity contribution is 0.284. The summed E-state index contributed by atoms with van der Waals surface area (Å²) in [6.45, 7) is 5.65. The van der Waals surface area contributed by atoms with E-state index < -0.39 is 0 Å². The van der Waals surface area contributed by atoms with E-state index in [1.54, 1.807) is 7.11 Å². The Bertz CT molecular complexity index is 431. The van der Waals surface area contributed by atoms with Gasteiger partial charge in [0.15, 0.2) is 0 Å². The fourth-order valence-corrected chi connectivity index (χ4v) is 2.53. The summed E-state index contributed by atoms with van der Waals surface area (Å²) in [7, 11) is 1.72. The SMILES string of the molecule is CCC(C)(CNC1CC1)Cc1cc(Cl)ccc1OC. The van der Waals surface area contributed by atoms with Gasteiger partial charge >= 0.3 is 0 Å². The van der Waals surface area contributed by atoms with Gasteiger partial charge in [0.25, 0.3) is 0 Å². The van der Waals surface area contributed by atoms with Crippen molar-refractivity contribution in [3.63, 3.8) is 0 Å². The normalized spacial score (nSPS) is 18.1. The molecule has 1 atom stereocenters. The van der Waals surface area contributed by atoms with Crippen LogP contribution < -0.4 is 10.1 Å². The van der Waals surface area contributed by atoms with E-state index in [0.717, 1.165) is 36.2 Å². The zero-order valence-corrected chi connectivity index (χ0v) is 12.9. The summed E-state index contributed by atoms with van der Waals surface area (Å²) in [5.41, 5.74) is 1.46. The second kappa shape index (κ2) is 6.15. The maximum absolute atomic E-state index is 6.11. The maximum atomic E-state index is 6.11. The molecular weight excluding hydrogens is 258 g/mol. The fraction of sp³-hybridized carbons (Fsp3) is 0.625. The number of nitrogens with one attached hydrogen (secondary N) is 1. The summed E-state index contributed by atoms with van der Waals surface area (Å²) in [6.07, 6.45) is 4.80. The van der Waals surface area contributed by atoms with Gasteiger partial charge in [0.1, 0.15) is 5.75 Å². The zero-order valence-electron chi connectivity index (χ0n) is 12.1. The molecule has 0 aliphatic heterocycles. The first-order chi connectivity index (χ1) is 9.06. The van der Waals surface area contributed by atoms with Crippen molar-refractivity contribution >= 4 is 11.6 Å². The third-order valence-corrected chi connectivity index (χ3v) is 4.34. The number of rotatable bonds is 7. The topological polar surface area (TPSA) is 21.3 Å². The molecule has 1 saturated carbocycles. The van der Waals surface area contributed by atoms with Crippen LogP contribution in [0.3, 0.4) is 0 Å². The van der Waals surface area contributed by atoms with Gasteiger partial charge in [0.2, 0.25) is 0 Å². The van der Waals surface area contributed by atoms with Gasteiger partial charge in [0.05, 0.1) is 7.11 Å². The van der Waals surface area contributed by atoms with Crippen molar-refractivity contribution in [3.05, 3.63) is 28.8 Å². The lowest BCUT2D eigenvalue weighted by Crippen LogP contribution is -2.34. The van der Waals surface area contributed by atoms with Crippen molar-refractivity contribution in [3.8, 4) is 5.75 Å². The van der Waals surface area contributed by atoms with Crippen LogP contribution in [-0.4, -0.2) is 19.7 Å². The van der Waals surface area contributed by atoms with Crippen molar-refractivity contribution in [2.24, 2.45) is 5.41 Å². The fourth-order valence-electron chi connectivity index (χ4n) is 2.34. The van der Waals surface area contributed by atoms with E-state index in [0.29, 0.717) is 0 Å². The molecule has 1 aromatic rings. The van der Waals surface area contributed by atoms with Gasteiger partial charge in [-0.1, -0.05) is 25.4 Å². The molecule has 0 bridgehead atoms. The van der Waals surface area contributed by atoms with E-state index in [1.165, 1.54) is 18.4 Å². The highest BCUT2D eigenvalue weighted by molar-refractivity contribution is 6.30. The minimum Gasteiger partial charge on any atom is -0.496 e. The number of hydrogen-bond donors (Lipinski definition) is 1. The van der Waals surface area contributed by atoms with Crippen LogP contribution in [0.5, 0.6) is 5.75 Å². The predicted octanol–water partition coefficient (Wildman–Crippen LogP) is 4.06. The molecule has 2 rings (SSSR count). The molecule has 2 nitrogen and oxygen atoms in total. The van der Waals surface area contributed by atoms with Crippen molar-refractivity contribution < 1.29 is 4.74 Å². The van der Waals surface area contributed by atoms with E-state index in [4.69, 9.17) is 16.3 Å². The third-order valence-electron chi connectivity index (χ3n) is 4.11. The molecule has 0 heterocycles. The average molecular weight is 282 g/mol. The third kappa shape index (κ3) is 4.12. The van der Waals surface area contributed by atoms with Crippen LogP contribution in [0.1, 0.15) is 38.7 Å². The van der Waals surface area contributed by atoms with E-state index in [9.17, 15) is 0 Å². The standard InChI is InChI=1S/C16H24ClNO/c1-4-16(2,11-18-14-6-7-14)10-12-9-13(17)5-8-15(12)19-3/h5,8-9,14,18H,4,6-7,10-11H2,1-3H3. The second-order valence-corrected chi connectivity index (χ2v) is 6.39. The first-order valence-corrected chi connectivity index (χ1v) is 7.50. The molecule has 1 aromatic carbocycles. The van der Waals surface area contributed by atoms with Crippen LogP contribution in [-0.2, 0) is 6.42 Å². The van der Waals surface area contributed by atoms with Crippen LogP contribution in [0.15, 0.2) is 18.2 Å². The van der Waals surface area contributed by atoms with E-state index in [1.807, 2.05) is 18.2 Å². The summed E-state index contributed by atoms with van der Waals surface area (Å²) in [5, 5.41) is 4.43. The Labute approximate surface area is 121 Å². The summed E-state index contributed by atoms with van der Waals surface area (Å²) in [4.78, 5) is 0. The van der Waals surface area contributed by atoms with Gasteiger partial charge in [-0.3, -0.25) is 0 Å². The van der Waals surface area contributed by atoms with Crippen LogP contribution in [0.2, 0.25) is 5.02 Å². The van der Waals surface area contributed by atoms with Gasteiger partial charge < -0.3 is 10.1 Å². The molecule has 3 heteroatoms. The van der Waals surface area contributed by atoms with Crippen LogP contribution in [0, 0.1) is 5.41 Å². The molecule has 0 saturated heterocycles. The average Bonchev–Trinajstić information content (AvgIpc) is 3.21. The summed E-state index contributed by atoms with van der Waals surface area (Å²) in [5.74, 6) is 0.940. The lowest BCUT2D eigenvalue weighted by Gasteiger charge is -2.29. The van der Waals surface area contributed by atoms with Gasteiger partial charge in [-0.15, -0.1) is 0 Å². The van der Waals surface area contributed by atoms with Gasteiger partial charge in [-0.2, -0.15) is 0 Å². The minimum atomic E-state index is 0.251. The number of hydrogen-bond acceptors (Lipinski definition) is 2. The number of benzene rings is 1. The predicted molar refractivity (Wildman–Crippen MR) is 81.1 cm³/mol. The highest BCUT2D eigenvalue weighted by Crippen LogP contribution is 2.33. The van der Waals surface area contributed by atoms with E-state index in [2.05, 4.69) is 19.2 Å². The molecule has 0 spiro atoms. The first kappa shape index (κ1) is 14.7. The summed E-state index contributed by atoms with van der Waals surface area (Å²) < 4.78 is 5.45. The second-order valence-electron chi connectivity index (χ2n) is 5.95. The molecular formula is C16H24ClNO. The number of methoxy groups -OCH3 is 1. The molecule has 19 heavy (non-hydrogen) atoms. The zero-order chi connectivity index (χ0) is 13.9. The molecule has 1 fully saturated rings. The molecule has 1 unspecified atom stereocenters. The first-order valence-electron chi connectivity index (χ1n) is 7.12. The van der Waals surface area contributed by atoms with Crippen LogP contribution in [0.4, 0.5) is 0 Å². The number of ether oxygens (including phenoxy) is 1. The van der Waals surface area contributed by atoms with Crippen molar-refractivity contribution in [2.75, 3.05) is 13.7 Å². The minimum absolute atomic E-state index is 0.251. The Hall–Kier alpha value is -0.730. The highest BCUT2D eigenvalue weighted by Gasteiger charge is 2.28.